The summed E-state index contributed by atoms with van der Waals surface area (Å²) in [5.41, 5.74) is 0.418. The first-order valence-electron chi connectivity index (χ1n) is 13.9. The van der Waals surface area contributed by atoms with Crippen LogP contribution in [0.4, 0.5) is 0 Å². The van der Waals surface area contributed by atoms with Gasteiger partial charge in [0.1, 0.15) is 12.2 Å². The second-order valence-electron chi connectivity index (χ2n) is 12.7. The molecule has 0 bridgehead atoms. The van der Waals surface area contributed by atoms with Gasteiger partial charge in [-0.05, 0) is 98.2 Å². The number of carbonyl (C=O) groups is 3. The Morgan fingerprint density at radius 2 is 1.54 bits per heavy atom. The average molecular weight is 491 g/mol. The Kier molecular flexibility index (Phi) is 7.60. The van der Waals surface area contributed by atoms with E-state index in [1.165, 1.54) is 39.7 Å². The molecule has 9 unspecified atom stereocenters. The van der Waals surface area contributed by atoms with Crippen LogP contribution in [0.5, 0.6) is 0 Å². The first kappa shape index (κ1) is 26.5. The molecule has 198 valence electrons. The van der Waals surface area contributed by atoms with Crippen LogP contribution < -0.4 is 0 Å². The molecule has 0 amide bonds. The zero-order valence-electron chi connectivity index (χ0n) is 22.6. The van der Waals surface area contributed by atoms with Crippen molar-refractivity contribution in [1.29, 1.82) is 0 Å². The Morgan fingerprint density at radius 3 is 2.20 bits per heavy atom. The number of carbonyl (C=O) groups excluding carboxylic acids is 3. The zero-order valence-corrected chi connectivity index (χ0v) is 22.6. The fourth-order valence-electron chi connectivity index (χ4n) is 9.46. The molecule has 0 saturated heterocycles. The summed E-state index contributed by atoms with van der Waals surface area (Å²) < 4.78 is 16.6. The lowest BCUT2D eigenvalue weighted by Gasteiger charge is -2.62. The van der Waals surface area contributed by atoms with Gasteiger partial charge in [-0.15, -0.1) is 0 Å². The molecule has 4 fully saturated rings. The van der Waals surface area contributed by atoms with E-state index in [0.29, 0.717) is 41.9 Å². The van der Waals surface area contributed by atoms with E-state index in [0.717, 1.165) is 32.1 Å². The maximum atomic E-state index is 12.2. The highest BCUT2D eigenvalue weighted by Gasteiger charge is 2.63. The van der Waals surface area contributed by atoms with Gasteiger partial charge < -0.3 is 14.2 Å². The fraction of sp³-hybridized carbons (Fsp3) is 0.897. The van der Waals surface area contributed by atoms with Crippen LogP contribution >= 0.6 is 0 Å². The minimum absolute atomic E-state index is 0.0134. The van der Waals surface area contributed by atoms with Gasteiger partial charge in [-0.1, -0.05) is 20.8 Å². The van der Waals surface area contributed by atoms with E-state index in [1.54, 1.807) is 6.92 Å². The number of esters is 3. The van der Waals surface area contributed by atoms with Crippen LogP contribution in [0.25, 0.3) is 0 Å². The second kappa shape index (κ2) is 10.0. The van der Waals surface area contributed by atoms with E-state index in [2.05, 4.69) is 20.8 Å². The molecule has 0 heterocycles. The fourth-order valence-corrected chi connectivity index (χ4v) is 9.46. The third kappa shape index (κ3) is 4.87. The highest BCUT2D eigenvalue weighted by atomic mass is 16.5. The van der Waals surface area contributed by atoms with E-state index in [9.17, 15) is 14.4 Å². The highest BCUT2D eigenvalue weighted by Crippen LogP contribution is 2.68. The molecule has 4 aliphatic rings. The molecule has 0 spiro atoms. The zero-order chi connectivity index (χ0) is 25.5. The van der Waals surface area contributed by atoms with Gasteiger partial charge in [0, 0.05) is 26.2 Å². The lowest BCUT2D eigenvalue weighted by molar-refractivity contribution is -0.197. The van der Waals surface area contributed by atoms with Crippen LogP contribution in [0.15, 0.2) is 0 Å². The van der Waals surface area contributed by atoms with Crippen LogP contribution in [-0.4, -0.2) is 37.2 Å². The molecule has 0 aromatic carbocycles. The molecule has 0 aliphatic heterocycles. The van der Waals surface area contributed by atoms with Gasteiger partial charge in [-0.3, -0.25) is 14.4 Å². The van der Waals surface area contributed by atoms with E-state index in [1.807, 2.05) is 0 Å². The summed E-state index contributed by atoms with van der Waals surface area (Å²) in [5.74, 6) is 2.43. The Hall–Kier alpha value is -1.59. The quantitative estimate of drug-likeness (QED) is 0.351. The lowest BCUT2D eigenvalue weighted by Crippen LogP contribution is -2.59. The van der Waals surface area contributed by atoms with E-state index >= 15 is 0 Å². The Balaban J connectivity index is 1.57. The molecule has 35 heavy (non-hydrogen) atoms. The molecule has 6 heteroatoms. The van der Waals surface area contributed by atoms with Gasteiger partial charge in [-0.2, -0.15) is 0 Å². The minimum atomic E-state index is -0.199. The summed E-state index contributed by atoms with van der Waals surface area (Å²) in [6.07, 6.45) is 9.80. The summed E-state index contributed by atoms with van der Waals surface area (Å²) in [6, 6.07) is 0. The number of rotatable bonds is 6. The molecular formula is C29H46O6. The minimum Gasteiger partial charge on any atom is -0.469 e. The van der Waals surface area contributed by atoms with E-state index < -0.39 is 0 Å². The van der Waals surface area contributed by atoms with Crippen molar-refractivity contribution in [2.75, 3.05) is 7.11 Å². The third-order valence-electron chi connectivity index (χ3n) is 11.1. The van der Waals surface area contributed by atoms with Gasteiger partial charge in [-0.25, -0.2) is 0 Å². The standard InChI is InChI=1S/C29H46O6/c1-17(7-10-26(32)33-6)22-8-9-23-27-24(12-14-29(22,23)5)28(4)13-11-21(34-18(2)30)15-20(28)16-25(27)35-19(3)31/h17,20-25,27H,7-16H2,1-6H3/t17-,20?,21?,22?,23?,24?,25?,27?,28?,29?/m1/s1. The summed E-state index contributed by atoms with van der Waals surface area (Å²) >= 11 is 0. The molecule has 0 N–H and O–H groups in total. The van der Waals surface area contributed by atoms with Crippen molar-refractivity contribution in [3.63, 3.8) is 0 Å². The third-order valence-corrected chi connectivity index (χ3v) is 11.1. The summed E-state index contributed by atoms with van der Waals surface area (Å²) in [7, 11) is 1.47. The summed E-state index contributed by atoms with van der Waals surface area (Å²) in [4.78, 5) is 35.6. The molecule has 4 saturated carbocycles. The normalized spacial score (nSPS) is 43.2. The van der Waals surface area contributed by atoms with Gasteiger partial charge in [0.2, 0.25) is 0 Å². The van der Waals surface area contributed by atoms with Gasteiger partial charge in [0.05, 0.1) is 7.11 Å². The van der Waals surface area contributed by atoms with Crippen molar-refractivity contribution in [2.24, 2.45) is 46.3 Å². The monoisotopic (exact) mass is 490 g/mol. The van der Waals surface area contributed by atoms with Crippen LogP contribution in [-0.2, 0) is 28.6 Å². The number of ether oxygens (including phenoxy) is 3. The summed E-state index contributed by atoms with van der Waals surface area (Å²) in [5, 5.41) is 0. The van der Waals surface area contributed by atoms with E-state index in [-0.39, 0.29) is 40.9 Å². The van der Waals surface area contributed by atoms with Crippen molar-refractivity contribution in [1.82, 2.24) is 0 Å². The van der Waals surface area contributed by atoms with Crippen molar-refractivity contribution in [2.45, 2.75) is 111 Å². The number of fused-ring (bicyclic) bond motifs is 5. The van der Waals surface area contributed by atoms with Crippen molar-refractivity contribution in [3.8, 4) is 0 Å². The number of methoxy groups -OCH3 is 1. The predicted molar refractivity (Wildman–Crippen MR) is 132 cm³/mol. The van der Waals surface area contributed by atoms with Crippen LogP contribution in [0, 0.1) is 46.3 Å². The molecule has 0 radical (unpaired) electrons. The Labute approximate surface area is 211 Å². The van der Waals surface area contributed by atoms with Crippen molar-refractivity contribution in [3.05, 3.63) is 0 Å². The molecule has 4 rings (SSSR count). The molecule has 0 aromatic rings. The van der Waals surface area contributed by atoms with Gasteiger partial charge >= 0.3 is 17.9 Å². The number of hydrogen-bond acceptors (Lipinski definition) is 6. The van der Waals surface area contributed by atoms with Gasteiger partial charge in [0.15, 0.2) is 0 Å². The molecular weight excluding hydrogens is 444 g/mol. The molecule has 6 nitrogen and oxygen atoms in total. The first-order chi connectivity index (χ1) is 16.5. The van der Waals surface area contributed by atoms with Crippen LogP contribution in [0.3, 0.4) is 0 Å². The first-order valence-corrected chi connectivity index (χ1v) is 13.9. The van der Waals surface area contributed by atoms with Crippen molar-refractivity contribution < 1.29 is 28.6 Å². The number of hydrogen-bond donors (Lipinski definition) is 0. The topological polar surface area (TPSA) is 78.9 Å². The lowest BCUT2D eigenvalue weighted by atomic mass is 9.43. The summed E-state index contributed by atoms with van der Waals surface area (Å²) in [6.45, 7) is 10.3. The van der Waals surface area contributed by atoms with Gasteiger partial charge in [0.25, 0.3) is 0 Å². The maximum Gasteiger partial charge on any atom is 0.305 e. The molecule has 0 aromatic heterocycles. The maximum absolute atomic E-state index is 12.2. The van der Waals surface area contributed by atoms with Crippen molar-refractivity contribution >= 4 is 17.9 Å². The largest absolute Gasteiger partial charge is 0.469 e. The second-order valence-corrected chi connectivity index (χ2v) is 12.7. The van der Waals surface area contributed by atoms with Crippen LogP contribution in [0.1, 0.15) is 98.8 Å². The Morgan fingerprint density at radius 1 is 0.886 bits per heavy atom. The van der Waals surface area contributed by atoms with Crippen LogP contribution in [0.2, 0.25) is 0 Å². The predicted octanol–water partition coefficient (Wildman–Crippen LogP) is 5.71. The van der Waals surface area contributed by atoms with E-state index in [4.69, 9.17) is 14.2 Å². The molecule has 10 atom stereocenters. The Bertz CT molecular complexity index is 824. The average Bonchev–Trinajstić information content (AvgIpc) is 3.14. The SMILES string of the molecule is COC(=O)CC[C@@H](C)C1CCC2C3C(OC(C)=O)CC4CC(OC(C)=O)CCC4(C)C3CCC21C. The highest BCUT2D eigenvalue weighted by molar-refractivity contribution is 5.69. The smallest absolute Gasteiger partial charge is 0.305 e. The molecule has 4 aliphatic carbocycles.